The summed E-state index contributed by atoms with van der Waals surface area (Å²) in [6, 6.07) is 18.1. The van der Waals surface area contributed by atoms with Crippen molar-refractivity contribution in [2.75, 3.05) is 39.3 Å². The van der Waals surface area contributed by atoms with E-state index >= 15 is 0 Å². The van der Waals surface area contributed by atoms with Crippen LogP contribution in [0.3, 0.4) is 0 Å². The van der Waals surface area contributed by atoms with E-state index in [0.717, 1.165) is 57.3 Å². The molecule has 0 unspecified atom stereocenters. The van der Waals surface area contributed by atoms with Gasteiger partial charge in [-0.2, -0.15) is 0 Å². The van der Waals surface area contributed by atoms with Crippen LogP contribution in [-0.4, -0.2) is 66.4 Å². The molecule has 1 fully saturated rings. The molecule has 0 radical (unpaired) electrons. The van der Waals surface area contributed by atoms with Crippen LogP contribution in [0.1, 0.15) is 12.0 Å². The minimum absolute atomic E-state index is 0.589. The zero-order valence-electron chi connectivity index (χ0n) is 16.8. The Morgan fingerprint density at radius 3 is 2.00 bits per heavy atom. The van der Waals surface area contributed by atoms with Gasteiger partial charge in [-0.15, -0.1) is 0 Å². The molecule has 0 aliphatic carbocycles. The van der Waals surface area contributed by atoms with Crippen LogP contribution in [0.2, 0.25) is 0 Å². The predicted molar refractivity (Wildman–Crippen MR) is 112 cm³/mol. The predicted octanol–water partition coefficient (Wildman–Crippen LogP) is 2.10. The molecule has 2 aromatic rings. The fourth-order valence-electron chi connectivity index (χ4n) is 2.79. The molecule has 1 aliphatic heterocycles. The molecular weight excluding hydrogens is 388 g/mol. The summed E-state index contributed by atoms with van der Waals surface area (Å²) >= 11 is 0. The van der Waals surface area contributed by atoms with Gasteiger partial charge in [0.15, 0.2) is 0 Å². The van der Waals surface area contributed by atoms with Gasteiger partial charge in [-0.3, -0.25) is 0 Å². The van der Waals surface area contributed by atoms with Crippen LogP contribution in [0, 0.1) is 0 Å². The van der Waals surface area contributed by atoms with Crippen LogP contribution in [0.15, 0.2) is 54.6 Å². The van der Waals surface area contributed by atoms with Crippen molar-refractivity contribution in [1.82, 2.24) is 10.2 Å². The Kier molecular flexibility index (Phi) is 10.2. The highest BCUT2D eigenvalue weighted by molar-refractivity contribution is 6.27. The van der Waals surface area contributed by atoms with Gasteiger partial charge in [0, 0.05) is 32.7 Å². The maximum atomic E-state index is 9.10. The van der Waals surface area contributed by atoms with Crippen molar-refractivity contribution in [3.05, 3.63) is 60.2 Å². The van der Waals surface area contributed by atoms with Crippen molar-refractivity contribution in [1.29, 1.82) is 0 Å². The molecule has 8 nitrogen and oxygen atoms in total. The molecule has 0 bridgehead atoms. The molecule has 0 spiro atoms. The van der Waals surface area contributed by atoms with E-state index in [1.165, 1.54) is 5.56 Å². The van der Waals surface area contributed by atoms with Gasteiger partial charge in [-0.25, -0.2) is 9.59 Å². The highest BCUT2D eigenvalue weighted by atomic mass is 16.5. The zero-order valence-corrected chi connectivity index (χ0v) is 16.8. The first-order valence-corrected chi connectivity index (χ1v) is 9.83. The van der Waals surface area contributed by atoms with Crippen molar-refractivity contribution in [3.8, 4) is 11.5 Å². The number of rotatable bonds is 8. The van der Waals surface area contributed by atoms with E-state index in [2.05, 4.69) is 22.3 Å². The fourth-order valence-corrected chi connectivity index (χ4v) is 2.79. The molecule has 1 heterocycles. The Balaban J connectivity index is 0.000000469. The number of carbonyl (C=O) groups is 2. The highest BCUT2D eigenvalue weighted by Crippen LogP contribution is 2.18. The summed E-state index contributed by atoms with van der Waals surface area (Å²) in [4.78, 5) is 20.7. The minimum atomic E-state index is -1.82. The average Bonchev–Trinajstić information content (AvgIpc) is 2.78. The lowest BCUT2D eigenvalue weighted by molar-refractivity contribution is -0.159. The average molecular weight is 416 g/mol. The lowest BCUT2D eigenvalue weighted by Gasteiger charge is -2.26. The first kappa shape index (κ1) is 23.2. The van der Waals surface area contributed by atoms with Crippen LogP contribution in [0.4, 0.5) is 0 Å². The van der Waals surface area contributed by atoms with Crippen LogP contribution in [-0.2, 0) is 16.2 Å². The molecule has 30 heavy (non-hydrogen) atoms. The number of piperazine rings is 1. The summed E-state index contributed by atoms with van der Waals surface area (Å²) in [6.45, 7) is 6.96. The van der Waals surface area contributed by atoms with Gasteiger partial charge in [0.25, 0.3) is 0 Å². The van der Waals surface area contributed by atoms with Gasteiger partial charge in [0.2, 0.25) is 0 Å². The number of benzene rings is 2. The second-order valence-electron chi connectivity index (χ2n) is 6.65. The third-order valence-corrected chi connectivity index (χ3v) is 4.35. The van der Waals surface area contributed by atoms with E-state index < -0.39 is 11.9 Å². The van der Waals surface area contributed by atoms with Crippen molar-refractivity contribution >= 4 is 11.9 Å². The Morgan fingerprint density at radius 1 is 0.867 bits per heavy atom. The summed E-state index contributed by atoms with van der Waals surface area (Å²) in [5.74, 6) is -1.88. The molecule has 162 valence electrons. The number of hydrogen-bond donors (Lipinski definition) is 3. The molecule has 3 rings (SSSR count). The van der Waals surface area contributed by atoms with Gasteiger partial charge in [-0.1, -0.05) is 30.3 Å². The lowest BCUT2D eigenvalue weighted by atomic mass is 10.2. The number of ether oxygens (including phenoxy) is 2. The summed E-state index contributed by atoms with van der Waals surface area (Å²) < 4.78 is 11.6. The van der Waals surface area contributed by atoms with Gasteiger partial charge < -0.3 is 29.9 Å². The van der Waals surface area contributed by atoms with Gasteiger partial charge in [0.05, 0.1) is 6.61 Å². The van der Waals surface area contributed by atoms with Gasteiger partial charge in [0.1, 0.15) is 18.1 Å². The molecule has 0 saturated carbocycles. The van der Waals surface area contributed by atoms with E-state index in [1.54, 1.807) is 0 Å². The normalized spacial score (nSPS) is 13.6. The van der Waals surface area contributed by atoms with Crippen molar-refractivity contribution < 1.29 is 29.3 Å². The summed E-state index contributed by atoms with van der Waals surface area (Å²) in [5, 5.41) is 18.2. The maximum absolute atomic E-state index is 9.10. The number of carboxylic acids is 2. The number of carboxylic acid groups (broad SMARTS) is 2. The third-order valence-electron chi connectivity index (χ3n) is 4.35. The number of nitrogens with one attached hydrogen (secondary N) is 1. The molecule has 0 atom stereocenters. The molecule has 1 aliphatic rings. The minimum Gasteiger partial charge on any atom is -0.494 e. The quantitative estimate of drug-likeness (QED) is 0.444. The molecule has 0 aromatic heterocycles. The highest BCUT2D eigenvalue weighted by Gasteiger charge is 2.08. The van der Waals surface area contributed by atoms with E-state index in [1.807, 2.05) is 42.5 Å². The monoisotopic (exact) mass is 416 g/mol. The summed E-state index contributed by atoms with van der Waals surface area (Å²) in [5.41, 5.74) is 1.17. The summed E-state index contributed by atoms with van der Waals surface area (Å²) in [7, 11) is 0. The summed E-state index contributed by atoms with van der Waals surface area (Å²) in [6.07, 6.45) is 1.06. The Bertz CT molecular complexity index is 749. The van der Waals surface area contributed by atoms with E-state index in [9.17, 15) is 0 Å². The second-order valence-corrected chi connectivity index (χ2v) is 6.65. The Labute approximate surface area is 176 Å². The van der Waals surface area contributed by atoms with Gasteiger partial charge in [-0.05, 0) is 36.2 Å². The molecular formula is C22H28N2O6. The van der Waals surface area contributed by atoms with Crippen LogP contribution in [0.25, 0.3) is 0 Å². The molecule has 8 heteroatoms. The zero-order chi connectivity index (χ0) is 21.6. The maximum Gasteiger partial charge on any atom is 0.414 e. The van der Waals surface area contributed by atoms with Crippen LogP contribution < -0.4 is 14.8 Å². The lowest BCUT2D eigenvalue weighted by Crippen LogP contribution is -2.43. The molecule has 2 aromatic carbocycles. The number of hydrogen-bond acceptors (Lipinski definition) is 6. The third kappa shape index (κ3) is 9.40. The van der Waals surface area contributed by atoms with Crippen molar-refractivity contribution in [2.24, 2.45) is 0 Å². The standard InChI is InChI=1S/C20H26N2O2.C2H2O4/c1-2-5-18(6-3-1)17-24-20-9-7-19(8-10-20)23-16-4-13-22-14-11-21-12-15-22;3-1(4)2(5)6/h1-3,5-10,21H,4,11-17H2;(H,3,4)(H,5,6). The van der Waals surface area contributed by atoms with Crippen LogP contribution in [0.5, 0.6) is 11.5 Å². The second kappa shape index (κ2) is 13.2. The Morgan fingerprint density at radius 2 is 1.43 bits per heavy atom. The largest absolute Gasteiger partial charge is 0.494 e. The van der Waals surface area contributed by atoms with E-state index in [0.29, 0.717) is 6.61 Å². The topological polar surface area (TPSA) is 108 Å². The fraction of sp³-hybridized carbons (Fsp3) is 0.364. The number of aliphatic carboxylic acids is 2. The molecule has 0 amide bonds. The van der Waals surface area contributed by atoms with Crippen molar-refractivity contribution in [2.45, 2.75) is 13.0 Å². The Hall–Kier alpha value is -3.10. The smallest absolute Gasteiger partial charge is 0.414 e. The van der Waals surface area contributed by atoms with E-state index in [-0.39, 0.29) is 0 Å². The first-order chi connectivity index (χ1) is 14.5. The molecule has 3 N–H and O–H groups in total. The SMILES string of the molecule is O=C(O)C(=O)O.c1ccc(COc2ccc(OCCCN3CCNCC3)cc2)cc1. The number of nitrogens with zero attached hydrogens (tertiary/aromatic N) is 1. The first-order valence-electron chi connectivity index (χ1n) is 9.83. The van der Waals surface area contributed by atoms with Crippen LogP contribution >= 0.6 is 0 Å². The van der Waals surface area contributed by atoms with Gasteiger partial charge >= 0.3 is 11.9 Å². The van der Waals surface area contributed by atoms with Crippen molar-refractivity contribution in [3.63, 3.8) is 0 Å². The molecule has 1 saturated heterocycles. The van der Waals surface area contributed by atoms with E-state index in [4.69, 9.17) is 29.3 Å².